The zero-order valence-corrected chi connectivity index (χ0v) is 13.7. The van der Waals surface area contributed by atoms with E-state index in [4.69, 9.17) is 5.26 Å². The number of imidazole rings is 1. The van der Waals surface area contributed by atoms with E-state index in [1.165, 1.54) is 0 Å². The number of hydrogen-bond acceptors (Lipinski definition) is 4. The Bertz CT molecular complexity index is 963. The number of nitriles is 1. The van der Waals surface area contributed by atoms with Crippen LogP contribution in [-0.4, -0.2) is 46.4 Å². The molecule has 6 heteroatoms. The molecular formula is C19H17N5O. The van der Waals surface area contributed by atoms with Crippen molar-refractivity contribution in [3.63, 3.8) is 0 Å². The SMILES string of the molecule is N#Cc1cccc(N2CCN(C(=O)c3ncc4ccccn34)CC2)c1. The molecule has 0 saturated carbocycles. The Hall–Kier alpha value is -3.33. The van der Waals surface area contributed by atoms with Crippen LogP contribution in [0.4, 0.5) is 5.69 Å². The summed E-state index contributed by atoms with van der Waals surface area (Å²) >= 11 is 0. The van der Waals surface area contributed by atoms with Crippen molar-refractivity contribution in [3.05, 3.63) is 66.2 Å². The Morgan fingerprint density at radius 3 is 2.72 bits per heavy atom. The molecule has 0 atom stereocenters. The largest absolute Gasteiger partial charge is 0.368 e. The third kappa shape index (κ3) is 2.81. The minimum atomic E-state index is -0.0448. The Labute approximate surface area is 145 Å². The lowest BCUT2D eigenvalue weighted by molar-refractivity contribution is 0.0734. The number of anilines is 1. The zero-order chi connectivity index (χ0) is 17.2. The molecule has 6 nitrogen and oxygen atoms in total. The molecule has 0 radical (unpaired) electrons. The van der Waals surface area contributed by atoms with E-state index in [2.05, 4.69) is 16.0 Å². The molecule has 4 rings (SSSR count). The van der Waals surface area contributed by atoms with E-state index in [9.17, 15) is 4.79 Å². The molecule has 0 unspecified atom stereocenters. The van der Waals surface area contributed by atoms with Gasteiger partial charge in [-0.25, -0.2) is 4.98 Å². The lowest BCUT2D eigenvalue weighted by Gasteiger charge is -2.35. The molecular weight excluding hydrogens is 314 g/mol. The number of nitrogens with zero attached hydrogens (tertiary/aromatic N) is 5. The maximum Gasteiger partial charge on any atom is 0.290 e. The first-order valence-corrected chi connectivity index (χ1v) is 8.23. The van der Waals surface area contributed by atoms with Crippen molar-refractivity contribution in [1.82, 2.24) is 14.3 Å². The zero-order valence-electron chi connectivity index (χ0n) is 13.7. The van der Waals surface area contributed by atoms with Gasteiger partial charge in [0.15, 0.2) is 0 Å². The summed E-state index contributed by atoms with van der Waals surface area (Å²) in [6.07, 6.45) is 3.58. The number of benzene rings is 1. The third-order valence-corrected chi connectivity index (χ3v) is 4.54. The first-order valence-electron chi connectivity index (χ1n) is 8.23. The van der Waals surface area contributed by atoms with Gasteiger partial charge < -0.3 is 9.80 Å². The van der Waals surface area contributed by atoms with Crippen LogP contribution in [0.5, 0.6) is 0 Å². The molecule has 1 fully saturated rings. The van der Waals surface area contributed by atoms with Crippen LogP contribution in [0, 0.1) is 11.3 Å². The van der Waals surface area contributed by atoms with Gasteiger partial charge in [-0.15, -0.1) is 0 Å². The molecule has 0 aliphatic carbocycles. The highest BCUT2D eigenvalue weighted by atomic mass is 16.2. The summed E-state index contributed by atoms with van der Waals surface area (Å²) in [4.78, 5) is 21.1. The van der Waals surface area contributed by atoms with Crippen LogP contribution in [0.1, 0.15) is 16.2 Å². The average molecular weight is 331 g/mol. The molecule has 1 saturated heterocycles. The number of hydrogen-bond donors (Lipinski definition) is 0. The highest BCUT2D eigenvalue weighted by molar-refractivity contribution is 5.92. The first kappa shape index (κ1) is 15.2. The molecule has 1 amide bonds. The number of amides is 1. The van der Waals surface area contributed by atoms with Gasteiger partial charge in [-0.05, 0) is 30.3 Å². The van der Waals surface area contributed by atoms with Crippen LogP contribution < -0.4 is 4.90 Å². The van der Waals surface area contributed by atoms with Gasteiger partial charge in [0.25, 0.3) is 5.91 Å². The fraction of sp³-hybridized carbons (Fsp3) is 0.211. The smallest absolute Gasteiger partial charge is 0.290 e. The van der Waals surface area contributed by atoms with Crippen LogP contribution in [0.15, 0.2) is 54.9 Å². The van der Waals surface area contributed by atoms with Crippen molar-refractivity contribution in [3.8, 4) is 6.07 Å². The van der Waals surface area contributed by atoms with E-state index in [1.54, 1.807) is 12.3 Å². The molecule has 124 valence electrons. The van der Waals surface area contributed by atoms with Gasteiger partial charge in [-0.1, -0.05) is 12.1 Å². The third-order valence-electron chi connectivity index (χ3n) is 4.54. The predicted octanol–water partition coefficient (Wildman–Crippen LogP) is 2.17. The summed E-state index contributed by atoms with van der Waals surface area (Å²) in [5, 5.41) is 9.04. The van der Waals surface area contributed by atoms with Gasteiger partial charge in [0.2, 0.25) is 5.82 Å². The molecule has 1 aliphatic heterocycles. The summed E-state index contributed by atoms with van der Waals surface area (Å²) in [5.41, 5.74) is 2.59. The number of rotatable bonds is 2. The van der Waals surface area contributed by atoms with Gasteiger partial charge in [-0.3, -0.25) is 9.20 Å². The second-order valence-corrected chi connectivity index (χ2v) is 6.02. The molecule has 25 heavy (non-hydrogen) atoms. The highest BCUT2D eigenvalue weighted by Gasteiger charge is 2.25. The van der Waals surface area contributed by atoms with E-state index >= 15 is 0 Å². The summed E-state index contributed by atoms with van der Waals surface area (Å²) in [7, 11) is 0. The number of piperazine rings is 1. The summed E-state index contributed by atoms with van der Waals surface area (Å²) in [6, 6.07) is 15.5. The average Bonchev–Trinajstić information content (AvgIpc) is 3.12. The Morgan fingerprint density at radius 2 is 1.92 bits per heavy atom. The molecule has 1 aromatic carbocycles. The van der Waals surface area contributed by atoms with Crippen LogP contribution in [-0.2, 0) is 0 Å². The maximum atomic E-state index is 12.8. The number of fused-ring (bicyclic) bond motifs is 1. The van der Waals surface area contributed by atoms with Gasteiger partial charge >= 0.3 is 0 Å². The maximum absolute atomic E-state index is 12.8. The van der Waals surface area contributed by atoms with Gasteiger partial charge in [0, 0.05) is 38.1 Å². The van der Waals surface area contributed by atoms with E-state index in [-0.39, 0.29) is 5.91 Å². The lowest BCUT2D eigenvalue weighted by Crippen LogP contribution is -2.49. The van der Waals surface area contributed by atoms with Crippen LogP contribution in [0.25, 0.3) is 5.52 Å². The normalized spacial score (nSPS) is 14.5. The Balaban J connectivity index is 1.48. The second-order valence-electron chi connectivity index (χ2n) is 6.02. The molecule has 3 aromatic rings. The predicted molar refractivity (Wildman–Crippen MR) is 94.5 cm³/mol. The number of carbonyl (C=O) groups excluding carboxylic acids is 1. The van der Waals surface area contributed by atoms with Crippen molar-refractivity contribution in [1.29, 1.82) is 5.26 Å². The van der Waals surface area contributed by atoms with Gasteiger partial charge in [0.05, 0.1) is 23.3 Å². The van der Waals surface area contributed by atoms with Crippen molar-refractivity contribution in [2.45, 2.75) is 0 Å². The standard InChI is InChI=1S/C19H17N5O/c20-13-15-4-3-6-16(12-15)22-8-10-23(11-9-22)19(25)18-21-14-17-5-1-2-7-24(17)18/h1-7,12,14H,8-11H2. The Kier molecular flexibility index (Phi) is 3.82. The molecule has 2 aromatic heterocycles. The van der Waals surface area contributed by atoms with Crippen molar-refractivity contribution < 1.29 is 4.79 Å². The summed E-state index contributed by atoms with van der Waals surface area (Å²) < 4.78 is 1.82. The van der Waals surface area contributed by atoms with E-state index < -0.39 is 0 Å². The van der Waals surface area contributed by atoms with E-state index in [0.29, 0.717) is 24.5 Å². The molecule has 1 aliphatic rings. The van der Waals surface area contributed by atoms with E-state index in [0.717, 1.165) is 24.3 Å². The van der Waals surface area contributed by atoms with Crippen molar-refractivity contribution in [2.24, 2.45) is 0 Å². The number of aromatic nitrogens is 2. The minimum absolute atomic E-state index is 0.0448. The first-order chi connectivity index (χ1) is 12.3. The molecule has 0 bridgehead atoms. The van der Waals surface area contributed by atoms with Crippen LogP contribution in [0.3, 0.4) is 0 Å². The van der Waals surface area contributed by atoms with Gasteiger partial charge in [-0.2, -0.15) is 5.26 Å². The lowest BCUT2D eigenvalue weighted by atomic mass is 10.2. The monoisotopic (exact) mass is 331 g/mol. The number of pyridine rings is 1. The second kappa shape index (κ2) is 6.29. The number of carbonyl (C=O) groups is 1. The highest BCUT2D eigenvalue weighted by Crippen LogP contribution is 2.19. The van der Waals surface area contributed by atoms with Crippen molar-refractivity contribution >= 4 is 17.1 Å². The fourth-order valence-corrected chi connectivity index (χ4v) is 3.18. The topological polar surface area (TPSA) is 64.6 Å². The van der Waals surface area contributed by atoms with Gasteiger partial charge in [0.1, 0.15) is 0 Å². The van der Waals surface area contributed by atoms with Crippen LogP contribution >= 0.6 is 0 Å². The Morgan fingerprint density at radius 1 is 1.08 bits per heavy atom. The fourth-order valence-electron chi connectivity index (χ4n) is 3.18. The van der Waals surface area contributed by atoms with E-state index in [1.807, 2.05) is 51.9 Å². The molecule has 0 spiro atoms. The van der Waals surface area contributed by atoms with Crippen LogP contribution in [0.2, 0.25) is 0 Å². The molecule has 0 N–H and O–H groups in total. The van der Waals surface area contributed by atoms with Crippen molar-refractivity contribution in [2.75, 3.05) is 31.1 Å². The summed E-state index contributed by atoms with van der Waals surface area (Å²) in [5.74, 6) is 0.409. The minimum Gasteiger partial charge on any atom is -0.368 e. The summed E-state index contributed by atoms with van der Waals surface area (Å²) in [6.45, 7) is 2.75. The molecule has 3 heterocycles. The quantitative estimate of drug-likeness (QED) is 0.722.